The van der Waals surface area contributed by atoms with Crippen molar-refractivity contribution in [1.82, 2.24) is 9.55 Å². The molecule has 1 aliphatic carbocycles. The maximum absolute atomic E-state index is 12.5. The fourth-order valence-corrected chi connectivity index (χ4v) is 4.31. The lowest BCUT2D eigenvalue weighted by atomic mass is 9.98. The predicted molar refractivity (Wildman–Crippen MR) is 110 cm³/mol. The number of nitrogens with zero attached hydrogens (tertiary/aromatic N) is 2. The summed E-state index contributed by atoms with van der Waals surface area (Å²) in [5, 5.41) is 32.7. The Hall–Kier alpha value is -1.48. The van der Waals surface area contributed by atoms with E-state index in [9.17, 15) is 20.1 Å². The molecule has 4 N–H and O–H groups in total. The number of aliphatic hydroxyl groups excluding tert-OH is 3. The number of nitrogens with one attached hydrogen (secondary N) is 1. The van der Waals surface area contributed by atoms with Crippen LogP contribution in [0, 0.1) is 0 Å². The van der Waals surface area contributed by atoms with E-state index >= 15 is 0 Å². The van der Waals surface area contributed by atoms with Crippen LogP contribution in [0.1, 0.15) is 76.9 Å². The van der Waals surface area contributed by atoms with Crippen molar-refractivity contribution < 1.29 is 20.1 Å². The third-order valence-corrected chi connectivity index (χ3v) is 6.08. The first-order valence-electron chi connectivity index (χ1n) is 11.1. The van der Waals surface area contributed by atoms with Crippen LogP contribution in [0.5, 0.6) is 0 Å². The van der Waals surface area contributed by atoms with E-state index in [-0.39, 0.29) is 0 Å². The maximum atomic E-state index is 12.5. The standard InChI is InChI=1S/C21H35N3O5/c25-14-16-18(26)19(27)20(29-16)24-13-12-17(23-21(24)28)22-15-10-8-6-4-2-1-3-5-7-9-11-15/h12-13,15-16,18-20,25-27H,1-11,14H2,(H,22,23,28)/t16-,18+,19+,20+/m0/s1. The molecule has 3 rings (SSSR count). The van der Waals surface area contributed by atoms with Crippen LogP contribution in [0.15, 0.2) is 17.1 Å². The summed E-state index contributed by atoms with van der Waals surface area (Å²) >= 11 is 0. The third-order valence-electron chi connectivity index (χ3n) is 6.08. The number of aliphatic hydroxyl groups is 3. The highest BCUT2D eigenvalue weighted by atomic mass is 16.6. The largest absolute Gasteiger partial charge is 0.394 e. The van der Waals surface area contributed by atoms with Gasteiger partial charge < -0.3 is 25.4 Å². The molecule has 1 saturated heterocycles. The first-order chi connectivity index (χ1) is 14.1. The molecule has 1 aromatic heterocycles. The highest BCUT2D eigenvalue weighted by Gasteiger charge is 2.43. The van der Waals surface area contributed by atoms with Gasteiger partial charge in [0.2, 0.25) is 0 Å². The first-order valence-corrected chi connectivity index (χ1v) is 11.1. The fraction of sp³-hybridized carbons (Fsp3) is 0.810. The average Bonchev–Trinajstić information content (AvgIpc) is 2.98. The Balaban J connectivity index is 1.63. The smallest absolute Gasteiger partial charge is 0.351 e. The molecule has 0 radical (unpaired) electrons. The van der Waals surface area contributed by atoms with E-state index < -0.39 is 36.8 Å². The monoisotopic (exact) mass is 409 g/mol. The lowest BCUT2D eigenvalue weighted by molar-refractivity contribution is -0.0549. The van der Waals surface area contributed by atoms with Gasteiger partial charge in [0, 0.05) is 12.2 Å². The topological polar surface area (TPSA) is 117 Å². The van der Waals surface area contributed by atoms with Gasteiger partial charge in [-0.2, -0.15) is 4.98 Å². The molecule has 0 amide bonds. The zero-order chi connectivity index (χ0) is 20.6. The number of hydrogen-bond acceptors (Lipinski definition) is 7. The normalized spacial score (nSPS) is 30.4. The minimum absolute atomic E-state index is 0.297. The molecule has 2 fully saturated rings. The van der Waals surface area contributed by atoms with E-state index in [1.54, 1.807) is 6.07 Å². The minimum atomic E-state index is -1.29. The van der Waals surface area contributed by atoms with Crippen LogP contribution in [-0.2, 0) is 4.74 Å². The van der Waals surface area contributed by atoms with E-state index in [0.29, 0.717) is 11.9 Å². The van der Waals surface area contributed by atoms with E-state index in [2.05, 4.69) is 10.3 Å². The molecule has 1 saturated carbocycles. The van der Waals surface area contributed by atoms with Crippen molar-refractivity contribution in [2.24, 2.45) is 0 Å². The molecule has 1 aromatic rings. The second-order valence-electron chi connectivity index (χ2n) is 8.33. The van der Waals surface area contributed by atoms with Crippen LogP contribution in [0.4, 0.5) is 5.82 Å². The van der Waals surface area contributed by atoms with E-state index in [0.717, 1.165) is 17.4 Å². The molecule has 164 valence electrons. The van der Waals surface area contributed by atoms with Crippen molar-refractivity contribution in [3.05, 3.63) is 22.7 Å². The summed E-state index contributed by atoms with van der Waals surface area (Å²) in [5.74, 6) is 0.523. The number of hydrogen-bond donors (Lipinski definition) is 4. The number of aromatic nitrogens is 2. The Morgan fingerprint density at radius 3 is 2.10 bits per heavy atom. The van der Waals surface area contributed by atoms with Gasteiger partial charge in [-0.05, 0) is 18.9 Å². The van der Waals surface area contributed by atoms with Crippen molar-refractivity contribution in [3.63, 3.8) is 0 Å². The lowest BCUT2D eigenvalue weighted by Crippen LogP contribution is -2.36. The zero-order valence-electron chi connectivity index (χ0n) is 17.1. The molecule has 4 atom stereocenters. The molecule has 1 aliphatic heterocycles. The highest BCUT2D eigenvalue weighted by Crippen LogP contribution is 2.28. The van der Waals surface area contributed by atoms with Gasteiger partial charge in [0.15, 0.2) is 6.23 Å². The second-order valence-corrected chi connectivity index (χ2v) is 8.33. The first kappa shape index (κ1) is 22.2. The van der Waals surface area contributed by atoms with Crippen molar-refractivity contribution in [1.29, 1.82) is 0 Å². The van der Waals surface area contributed by atoms with Crippen LogP contribution in [0.25, 0.3) is 0 Å². The van der Waals surface area contributed by atoms with Gasteiger partial charge in [-0.1, -0.05) is 57.8 Å². The summed E-state index contributed by atoms with van der Waals surface area (Å²) in [7, 11) is 0. The Morgan fingerprint density at radius 2 is 1.59 bits per heavy atom. The van der Waals surface area contributed by atoms with E-state index in [1.807, 2.05) is 0 Å². The Labute approximate surface area is 171 Å². The molecule has 2 heterocycles. The maximum Gasteiger partial charge on any atom is 0.351 e. The van der Waals surface area contributed by atoms with Crippen LogP contribution in [0.3, 0.4) is 0 Å². The summed E-state index contributed by atoms with van der Waals surface area (Å²) in [6, 6.07) is 2.00. The van der Waals surface area contributed by atoms with E-state index in [1.165, 1.54) is 64.0 Å². The summed E-state index contributed by atoms with van der Waals surface area (Å²) in [4.78, 5) is 16.6. The molecule has 29 heavy (non-hydrogen) atoms. The average molecular weight is 410 g/mol. The number of rotatable bonds is 4. The van der Waals surface area contributed by atoms with Crippen molar-refractivity contribution >= 4 is 5.82 Å². The van der Waals surface area contributed by atoms with Gasteiger partial charge in [0.25, 0.3) is 0 Å². The summed E-state index contributed by atoms with van der Waals surface area (Å²) in [6.07, 6.45) is 10.6. The summed E-state index contributed by atoms with van der Waals surface area (Å²) in [6.45, 7) is -0.432. The van der Waals surface area contributed by atoms with Crippen LogP contribution >= 0.6 is 0 Å². The highest BCUT2D eigenvalue weighted by molar-refractivity contribution is 5.33. The van der Waals surface area contributed by atoms with Gasteiger partial charge >= 0.3 is 5.69 Å². The van der Waals surface area contributed by atoms with Gasteiger partial charge in [-0.3, -0.25) is 4.57 Å². The fourth-order valence-electron chi connectivity index (χ4n) is 4.31. The van der Waals surface area contributed by atoms with Crippen LogP contribution < -0.4 is 11.0 Å². The lowest BCUT2D eigenvalue weighted by Gasteiger charge is -2.21. The van der Waals surface area contributed by atoms with Crippen molar-refractivity contribution in [2.75, 3.05) is 11.9 Å². The Kier molecular flexibility index (Phi) is 8.47. The molecular formula is C21H35N3O5. The molecule has 0 bridgehead atoms. The quantitative estimate of drug-likeness (QED) is 0.600. The molecule has 2 aliphatic rings. The summed E-state index contributed by atoms with van der Waals surface area (Å²) in [5.41, 5.74) is -0.557. The van der Waals surface area contributed by atoms with E-state index in [4.69, 9.17) is 4.74 Å². The molecule has 8 nitrogen and oxygen atoms in total. The van der Waals surface area contributed by atoms with Gasteiger partial charge in [-0.15, -0.1) is 0 Å². The van der Waals surface area contributed by atoms with Gasteiger partial charge in [-0.25, -0.2) is 4.79 Å². The molecule has 0 unspecified atom stereocenters. The van der Waals surface area contributed by atoms with Crippen LogP contribution in [-0.4, -0.2) is 55.8 Å². The minimum Gasteiger partial charge on any atom is -0.394 e. The number of ether oxygens (including phenoxy) is 1. The number of anilines is 1. The third kappa shape index (κ3) is 6.01. The Bertz CT molecular complexity index is 671. The SMILES string of the molecule is O=c1nc(NC2CCCCCCCCCCC2)ccn1[C@@H]1O[C@@H](CO)[C@@H](O)[C@H]1O. The molecular weight excluding hydrogens is 374 g/mol. The summed E-state index contributed by atoms with van der Waals surface area (Å²) < 4.78 is 6.58. The molecule has 0 aromatic carbocycles. The Morgan fingerprint density at radius 1 is 1.00 bits per heavy atom. The molecule has 8 heteroatoms. The van der Waals surface area contributed by atoms with Gasteiger partial charge in [0.05, 0.1) is 6.61 Å². The van der Waals surface area contributed by atoms with Crippen molar-refractivity contribution in [2.45, 2.75) is 101 Å². The van der Waals surface area contributed by atoms with Crippen LogP contribution in [0.2, 0.25) is 0 Å². The van der Waals surface area contributed by atoms with Gasteiger partial charge in [0.1, 0.15) is 24.1 Å². The van der Waals surface area contributed by atoms with Crippen molar-refractivity contribution in [3.8, 4) is 0 Å². The molecule has 0 spiro atoms. The second kappa shape index (κ2) is 11.1. The predicted octanol–water partition coefficient (Wildman–Crippen LogP) is 1.94. The zero-order valence-corrected chi connectivity index (χ0v) is 17.1.